The summed E-state index contributed by atoms with van der Waals surface area (Å²) < 4.78 is 2.00. The van der Waals surface area contributed by atoms with Gasteiger partial charge in [0.15, 0.2) is 0 Å². The summed E-state index contributed by atoms with van der Waals surface area (Å²) in [5.41, 5.74) is 4.84. The molecular formula is C25H22N4OS. The van der Waals surface area contributed by atoms with Crippen LogP contribution in [0.5, 0.6) is 0 Å². The first-order valence-corrected chi connectivity index (χ1v) is 11.5. The number of para-hydroxylation sites is 1. The van der Waals surface area contributed by atoms with E-state index in [1.54, 1.807) is 11.3 Å². The van der Waals surface area contributed by atoms with E-state index in [0.717, 1.165) is 40.2 Å². The molecule has 1 N–H and O–H groups in total. The monoisotopic (exact) mass is 426 g/mol. The van der Waals surface area contributed by atoms with Gasteiger partial charge in [0.05, 0.1) is 17.0 Å². The van der Waals surface area contributed by atoms with Gasteiger partial charge in [0.2, 0.25) is 0 Å². The molecule has 6 heteroatoms. The largest absolute Gasteiger partial charge is 0.361 e. The van der Waals surface area contributed by atoms with Crippen molar-refractivity contribution in [3.05, 3.63) is 95.0 Å². The maximum Gasteiger partial charge on any atom is 0.258 e. The fourth-order valence-electron chi connectivity index (χ4n) is 4.32. The molecule has 1 amide bonds. The number of fused-ring (bicyclic) bond motifs is 1. The van der Waals surface area contributed by atoms with E-state index in [9.17, 15) is 4.79 Å². The van der Waals surface area contributed by atoms with Crippen LogP contribution >= 0.6 is 11.3 Å². The second-order valence-corrected chi connectivity index (χ2v) is 9.08. The highest BCUT2D eigenvalue weighted by atomic mass is 32.1. The van der Waals surface area contributed by atoms with Crippen LogP contribution in [0.3, 0.4) is 0 Å². The molecule has 0 saturated heterocycles. The van der Waals surface area contributed by atoms with Crippen molar-refractivity contribution < 1.29 is 4.79 Å². The van der Waals surface area contributed by atoms with Gasteiger partial charge in [-0.2, -0.15) is 5.10 Å². The van der Waals surface area contributed by atoms with E-state index in [1.807, 2.05) is 58.1 Å². The molecule has 0 spiro atoms. The van der Waals surface area contributed by atoms with E-state index in [1.165, 1.54) is 5.56 Å². The number of carbonyl (C=O) groups excluding carboxylic acids is 1. The van der Waals surface area contributed by atoms with Gasteiger partial charge in [0.25, 0.3) is 5.91 Å². The fourth-order valence-corrected chi connectivity index (χ4v) is 5.05. The van der Waals surface area contributed by atoms with Gasteiger partial charge in [-0.1, -0.05) is 48.5 Å². The number of aromatic nitrogens is 2. The Morgan fingerprint density at radius 3 is 2.58 bits per heavy atom. The molecule has 0 unspecified atom stereocenters. The fraction of sp³-hybridized carbons (Fsp3) is 0.200. The molecule has 154 valence electrons. The van der Waals surface area contributed by atoms with E-state index in [-0.39, 0.29) is 18.1 Å². The van der Waals surface area contributed by atoms with Crippen LogP contribution in [0.15, 0.2) is 78.3 Å². The van der Waals surface area contributed by atoms with Crippen molar-refractivity contribution in [2.45, 2.75) is 31.6 Å². The molecule has 1 saturated carbocycles. The van der Waals surface area contributed by atoms with Crippen molar-refractivity contribution in [1.82, 2.24) is 14.7 Å². The third-order valence-electron chi connectivity index (χ3n) is 5.93. The number of amides is 1. The second-order valence-electron chi connectivity index (χ2n) is 8.13. The lowest BCUT2D eigenvalue weighted by atomic mass is 10.0. The molecule has 31 heavy (non-hydrogen) atoms. The molecule has 2 aromatic heterocycles. The number of benzene rings is 2. The third-order valence-corrected chi connectivity index (χ3v) is 6.81. The minimum Gasteiger partial charge on any atom is -0.361 e. The van der Waals surface area contributed by atoms with Crippen molar-refractivity contribution in [2.75, 3.05) is 5.32 Å². The summed E-state index contributed by atoms with van der Waals surface area (Å²) in [7, 11) is 0. The molecule has 1 fully saturated rings. The van der Waals surface area contributed by atoms with Crippen molar-refractivity contribution in [2.24, 2.45) is 0 Å². The van der Waals surface area contributed by atoms with Crippen LogP contribution in [0.4, 0.5) is 5.69 Å². The molecule has 1 atom stereocenters. The maximum atomic E-state index is 13.4. The Balaban J connectivity index is 1.45. The third kappa shape index (κ3) is 3.33. The first-order chi connectivity index (χ1) is 15.3. The van der Waals surface area contributed by atoms with Crippen LogP contribution < -0.4 is 5.32 Å². The number of hydrogen-bond acceptors (Lipinski definition) is 4. The van der Waals surface area contributed by atoms with Crippen LogP contribution in [-0.4, -0.2) is 26.6 Å². The summed E-state index contributed by atoms with van der Waals surface area (Å²) >= 11 is 1.68. The molecule has 5 nitrogen and oxygen atoms in total. The Kier molecular flexibility index (Phi) is 4.39. The number of anilines is 1. The minimum absolute atomic E-state index is 0.106. The summed E-state index contributed by atoms with van der Waals surface area (Å²) in [6.07, 6.45) is 3.99. The quantitative estimate of drug-likeness (QED) is 0.466. The van der Waals surface area contributed by atoms with E-state index < -0.39 is 0 Å². The van der Waals surface area contributed by atoms with E-state index >= 15 is 0 Å². The first-order valence-electron chi connectivity index (χ1n) is 10.6. The maximum absolute atomic E-state index is 13.4. The van der Waals surface area contributed by atoms with Crippen molar-refractivity contribution >= 4 is 22.9 Å². The summed E-state index contributed by atoms with van der Waals surface area (Å²) in [6.45, 7) is 0.694. The highest BCUT2D eigenvalue weighted by Gasteiger charge is 2.43. The van der Waals surface area contributed by atoms with E-state index in [0.29, 0.717) is 6.54 Å². The zero-order chi connectivity index (χ0) is 20.8. The molecule has 0 bridgehead atoms. The van der Waals surface area contributed by atoms with Gasteiger partial charge in [0, 0.05) is 23.5 Å². The Bertz CT molecular complexity index is 1230. The molecule has 1 aliphatic carbocycles. The first kappa shape index (κ1) is 18.4. The van der Waals surface area contributed by atoms with Gasteiger partial charge in [-0.3, -0.25) is 9.48 Å². The average Bonchev–Trinajstić information content (AvgIpc) is 3.31. The van der Waals surface area contributed by atoms with Gasteiger partial charge in [-0.25, -0.2) is 0 Å². The smallest absolute Gasteiger partial charge is 0.258 e. The lowest BCUT2D eigenvalue weighted by molar-refractivity contribution is 0.0667. The van der Waals surface area contributed by atoms with Crippen molar-refractivity contribution in [3.63, 3.8) is 0 Å². The second kappa shape index (κ2) is 7.39. The summed E-state index contributed by atoms with van der Waals surface area (Å²) in [5, 5.41) is 10.7. The Hall–Kier alpha value is -3.38. The SMILES string of the molecule is O=C1c2ccccc2N[C@@H](c2cn(Cc3ccccc3)nc2-c2cccs2)N1C1CC1. The van der Waals surface area contributed by atoms with Crippen molar-refractivity contribution in [1.29, 1.82) is 0 Å². The molecule has 2 aliphatic rings. The average molecular weight is 427 g/mol. The van der Waals surface area contributed by atoms with Gasteiger partial charge in [-0.05, 0) is 42.0 Å². The number of carbonyl (C=O) groups is 1. The predicted molar refractivity (Wildman–Crippen MR) is 123 cm³/mol. The molecular weight excluding hydrogens is 404 g/mol. The molecule has 2 aromatic carbocycles. The Morgan fingerprint density at radius 1 is 1.00 bits per heavy atom. The molecule has 0 radical (unpaired) electrons. The highest BCUT2D eigenvalue weighted by Crippen LogP contribution is 2.43. The van der Waals surface area contributed by atoms with Gasteiger partial charge in [-0.15, -0.1) is 11.3 Å². The lowest BCUT2D eigenvalue weighted by Crippen LogP contribution is -2.44. The highest BCUT2D eigenvalue weighted by molar-refractivity contribution is 7.13. The molecule has 4 aromatic rings. The summed E-state index contributed by atoms with van der Waals surface area (Å²) in [6, 6.07) is 22.6. The van der Waals surface area contributed by atoms with Crippen LogP contribution in [0.1, 0.15) is 40.5 Å². The van der Waals surface area contributed by atoms with Crippen LogP contribution in [-0.2, 0) is 6.54 Å². The normalized spacial score (nSPS) is 18.0. The Morgan fingerprint density at radius 2 is 1.81 bits per heavy atom. The summed E-state index contributed by atoms with van der Waals surface area (Å²) in [5.74, 6) is 0.106. The lowest BCUT2D eigenvalue weighted by Gasteiger charge is -2.38. The van der Waals surface area contributed by atoms with Gasteiger partial charge in [0.1, 0.15) is 11.9 Å². The zero-order valence-corrected chi connectivity index (χ0v) is 17.8. The number of nitrogens with one attached hydrogen (secondary N) is 1. The number of nitrogens with zero attached hydrogens (tertiary/aromatic N) is 3. The molecule has 1 aliphatic heterocycles. The number of thiophene rings is 1. The van der Waals surface area contributed by atoms with Crippen LogP contribution in [0.2, 0.25) is 0 Å². The van der Waals surface area contributed by atoms with E-state index in [4.69, 9.17) is 5.10 Å². The van der Waals surface area contributed by atoms with Crippen molar-refractivity contribution in [3.8, 4) is 10.6 Å². The molecule has 6 rings (SSSR count). The van der Waals surface area contributed by atoms with Crippen LogP contribution in [0, 0.1) is 0 Å². The number of hydrogen-bond donors (Lipinski definition) is 1. The number of rotatable bonds is 5. The topological polar surface area (TPSA) is 50.2 Å². The minimum atomic E-state index is -0.225. The zero-order valence-electron chi connectivity index (χ0n) is 16.9. The van der Waals surface area contributed by atoms with E-state index in [2.05, 4.69) is 35.1 Å². The van der Waals surface area contributed by atoms with Gasteiger partial charge >= 0.3 is 0 Å². The Labute approximate surface area is 184 Å². The summed E-state index contributed by atoms with van der Waals surface area (Å²) in [4.78, 5) is 16.6. The van der Waals surface area contributed by atoms with Crippen LogP contribution in [0.25, 0.3) is 10.6 Å². The standard InChI is InChI=1S/C25H22N4OS/c30-25-19-9-4-5-10-21(19)26-24(29(25)18-12-13-18)20-16-28(15-17-7-2-1-3-8-17)27-23(20)22-11-6-14-31-22/h1-11,14,16,18,24,26H,12-13,15H2/t24-/m1/s1. The van der Waals surface area contributed by atoms with Gasteiger partial charge < -0.3 is 10.2 Å². The molecule has 3 heterocycles. The predicted octanol–water partition coefficient (Wildman–Crippen LogP) is 5.39.